The Morgan fingerprint density at radius 2 is 1.86 bits per heavy atom. The van der Waals surface area contributed by atoms with E-state index in [0.717, 1.165) is 10.6 Å². The molecule has 1 fully saturated rings. The molecule has 2 N–H and O–H groups in total. The predicted molar refractivity (Wildman–Crippen MR) is 141 cm³/mol. The van der Waals surface area contributed by atoms with Crippen molar-refractivity contribution >= 4 is 52.7 Å². The van der Waals surface area contributed by atoms with Crippen molar-refractivity contribution in [1.29, 1.82) is 0 Å². The van der Waals surface area contributed by atoms with Crippen LogP contribution in [-0.4, -0.2) is 41.6 Å². The Bertz CT molecular complexity index is 1300. The molecule has 1 amide bonds. The number of methoxy groups -OCH3 is 1. The van der Waals surface area contributed by atoms with E-state index < -0.39 is 11.9 Å². The second-order valence-electron chi connectivity index (χ2n) is 8.96. The predicted octanol–water partition coefficient (Wildman–Crippen LogP) is 5.27. The molecule has 0 saturated heterocycles. The molecule has 1 aromatic heterocycles. The molecule has 1 heterocycles. The van der Waals surface area contributed by atoms with Crippen molar-refractivity contribution in [2.24, 2.45) is 13.0 Å². The van der Waals surface area contributed by atoms with Crippen molar-refractivity contribution in [3.05, 3.63) is 59.8 Å². The number of nitrogens with one attached hydrogen (secondary N) is 2. The number of nitrogens with zero attached hydrogens (tertiary/aromatic N) is 1. The van der Waals surface area contributed by atoms with Crippen LogP contribution in [0.4, 0.5) is 18.9 Å². The van der Waals surface area contributed by atoms with Crippen LogP contribution in [0.5, 0.6) is 5.75 Å². The zero-order valence-corrected chi connectivity index (χ0v) is 20.8. The van der Waals surface area contributed by atoms with E-state index >= 15 is 0 Å². The van der Waals surface area contributed by atoms with Gasteiger partial charge in [-0.3, -0.25) is 0 Å². The van der Waals surface area contributed by atoms with Gasteiger partial charge in [0, 0.05) is 0 Å². The fourth-order valence-corrected chi connectivity index (χ4v) is 4.95. The molecule has 3 aromatic rings. The van der Waals surface area contributed by atoms with Crippen molar-refractivity contribution in [3.63, 3.8) is 0 Å². The zero-order chi connectivity index (χ0) is 26.0. The van der Waals surface area contributed by atoms with E-state index in [1.807, 2.05) is 0 Å². The molecule has 10 heteroatoms. The Balaban J connectivity index is 1.43. The Hall–Kier alpha value is -3.14. The van der Waals surface area contributed by atoms with Gasteiger partial charge >= 0.3 is 214 Å². The first-order chi connectivity index (χ1) is 17.1. The summed E-state index contributed by atoms with van der Waals surface area (Å²) in [5.74, 6) is 0.417. The fourth-order valence-electron chi connectivity index (χ4n) is 4.60. The number of fused-ring (bicyclic) bond motifs is 1. The van der Waals surface area contributed by atoms with E-state index in [1.165, 1.54) is 7.05 Å². The number of carbonyl (C=O) groups is 1. The summed E-state index contributed by atoms with van der Waals surface area (Å²) < 4.78 is 46.5. The molecule has 0 unspecified atom stereocenters. The quantitative estimate of drug-likeness (QED) is 0.278. The van der Waals surface area contributed by atoms with Crippen molar-refractivity contribution in [2.75, 3.05) is 12.4 Å². The molecular weight excluding hydrogens is 486 g/mol. The molecule has 4 rings (SSSR count). The van der Waals surface area contributed by atoms with Gasteiger partial charge in [-0.15, -0.1) is 0 Å². The number of anilines is 1. The number of halogens is 3. The van der Waals surface area contributed by atoms with Crippen LogP contribution in [0.1, 0.15) is 41.7 Å². The number of aromatic nitrogens is 1. The molecule has 36 heavy (non-hydrogen) atoms. The molecule has 1 aliphatic carbocycles. The van der Waals surface area contributed by atoms with E-state index in [9.17, 15) is 18.0 Å². The topological polar surface area (TPSA) is 55.3 Å². The molecule has 0 spiro atoms. The Kier molecular flexibility index (Phi) is 7.54. The molecule has 1 saturated carbocycles. The Labute approximate surface area is 214 Å². The number of amides is 1. The average Bonchev–Trinajstić information content (AvgIpc) is 3.10. The van der Waals surface area contributed by atoms with Gasteiger partial charge in [0.15, 0.2) is 0 Å². The molecular formula is C26H26BF3N3O2S. The van der Waals surface area contributed by atoms with Gasteiger partial charge < -0.3 is 0 Å². The minimum absolute atomic E-state index is 0.0255. The van der Waals surface area contributed by atoms with Crippen LogP contribution in [0.25, 0.3) is 10.9 Å². The van der Waals surface area contributed by atoms with Crippen LogP contribution in [0.3, 0.4) is 0 Å². The third kappa shape index (κ3) is 5.48. The van der Waals surface area contributed by atoms with E-state index in [4.69, 9.17) is 24.4 Å². The molecule has 2 atom stereocenters. The molecule has 2 aromatic carbocycles. The first-order valence-corrected chi connectivity index (χ1v) is 12.0. The third-order valence-corrected chi connectivity index (χ3v) is 7.13. The van der Waals surface area contributed by atoms with Crippen LogP contribution in [0.15, 0.2) is 48.5 Å². The summed E-state index contributed by atoms with van der Waals surface area (Å²) in [4.78, 5) is 13.3. The maximum absolute atomic E-state index is 13.4. The Morgan fingerprint density at radius 1 is 1.14 bits per heavy atom. The van der Waals surface area contributed by atoms with Gasteiger partial charge in [-0.25, -0.2) is 0 Å². The molecule has 5 nitrogen and oxygen atoms in total. The number of rotatable bonds is 5. The van der Waals surface area contributed by atoms with Crippen LogP contribution >= 0.6 is 12.2 Å². The molecule has 0 aliphatic heterocycles. The summed E-state index contributed by atoms with van der Waals surface area (Å²) in [5, 5.41) is 6.64. The number of aryl methyl sites for hydroxylation is 1. The minimum atomic E-state index is -4.45. The number of alkyl halides is 3. The van der Waals surface area contributed by atoms with E-state index in [1.54, 1.807) is 49.6 Å². The number of thiocarbonyl (C=S) groups is 1. The van der Waals surface area contributed by atoms with Crippen LogP contribution < -0.4 is 15.4 Å². The van der Waals surface area contributed by atoms with Gasteiger partial charge in [0.1, 0.15) is 0 Å². The van der Waals surface area contributed by atoms with Crippen molar-refractivity contribution < 1.29 is 22.7 Å². The molecule has 0 bridgehead atoms. The summed E-state index contributed by atoms with van der Waals surface area (Å²) in [6, 6.07) is 12.8. The standard InChI is InChI=1S/C26H26BF3N3O2S/c1-33-22-5-3-4-20(18(22)14-23(33)26(28,29)30)32-25(36)16-8-12-19(27)21(13-9-16)31-24(34)15-6-10-17(35-2)11-7-15/h3-7,10-11,14,16,21H,8-9,12-13H2,1-2H3,(H,31,34)(H,32,36)/t16-,21-/m0/s1. The molecule has 1 aliphatic rings. The number of hydrogen-bond acceptors (Lipinski definition) is 3. The SMILES string of the molecule is [B]=C1CC[C@H](C(=S)Nc2cccc3c2cc(C(F)(F)F)n3C)CC[C@@H]1NC(=O)c1ccc(OC)cc1. The van der Waals surface area contributed by atoms with Gasteiger partial charge in [-0.05, 0) is 0 Å². The normalized spacial score (nSPS) is 18.5. The Morgan fingerprint density at radius 3 is 2.53 bits per heavy atom. The zero-order valence-electron chi connectivity index (χ0n) is 20.0. The van der Waals surface area contributed by atoms with E-state index in [0.29, 0.717) is 64.0 Å². The summed E-state index contributed by atoms with van der Waals surface area (Å²) >= 11 is 5.67. The fraction of sp³-hybridized carbons (Fsp3) is 0.346. The van der Waals surface area contributed by atoms with Crippen molar-refractivity contribution in [1.82, 2.24) is 9.88 Å². The van der Waals surface area contributed by atoms with E-state index in [2.05, 4.69) is 10.6 Å². The van der Waals surface area contributed by atoms with E-state index in [-0.39, 0.29) is 17.9 Å². The first kappa shape index (κ1) is 25.9. The summed E-state index contributed by atoms with van der Waals surface area (Å²) in [7, 11) is 9.27. The number of ether oxygens (including phenoxy) is 1. The van der Waals surface area contributed by atoms with Gasteiger partial charge in [0.2, 0.25) is 0 Å². The second-order valence-corrected chi connectivity index (χ2v) is 9.40. The van der Waals surface area contributed by atoms with Crippen LogP contribution in [-0.2, 0) is 13.2 Å². The van der Waals surface area contributed by atoms with Gasteiger partial charge in [-0.2, -0.15) is 0 Å². The average molecular weight is 512 g/mol. The third-order valence-electron chi connectivity index (χ3n) is 6.70. The number of hydrogen-bond donors (Lipinski definition) is 2. The molecule has 1 radical (unpaired) electrons. The van der Waals surface area contributed by atoms with Gasteiger partial charge in [-0.1, -0.05) is 0 Å². The first-order valence-electron chi connectivity index (χ1n) is 11.6. The summed E-state index contributed by atoms with van der Waals surface area (Å²) in [5.41, 5.74) is 1.48. The number of benzene rings is 2. The van der Waals surface area contributed by atoms with Gasteiger partial charge in [0.05, 0.1) is 0 Å². The monoisotopic (exact) mass is 512 g/mol. The van der Waals surface area contributed by atoms with Crippen LogP contribution in [0.2, 0.25) is 0 Å². The van der Waals surface area contributed by atoms with Crippen molar-refractivity contribution in [2.45, 2.75) is 37.9 Å². The van der Waals surface area contributed by atoms with Crippen LogP contribution in [0, 0.1) is 5.92 Å². The summed E-state index contributed by atoms with van der Waals surface area (Å²) in [6.45, 7) is 0. The van der Waals surface area contributed by atoms with Gasteiger partial charge in [0.25, 0.3) is 0 Å². The molecule has 187 valence electrons. The summed E-state index contributed by atoms with van der Waals surface area (Å²) in [6.07, 6.45) is -1.91. The number of carbonyl (C=O) groups excluding carboxylic acids is 1. The van der Waals surface area contributed by atoms with Crippen molar-refractivity contribution in [3.8, 4) is 5.75 Å². The maximum atomic E-state index is 13.4. The second kappa shape index (κ2) is 10.5.